The SMILES string of the molecule is CSc1nc(C)cc(Nc2cccc(OC(=O)c3ccccc3F)c2)n1. The van der Waals surface area contributed by atoms with Crippen LogP contribution in [0, 0.1) is 12.7 Å². The van der Waals surface area contributed by atoms with Gasteiger partial charge in [-0.05, 0) is 37.4 Å². The number of esters is 1. The van der Waals surface area contributed by atoms with Gasteiger partial charge in [-0.25, -0.2) is 19.2 Å². The van der Waals surface area contributed by atoms with E-state index in [-0.39, 0.29) is 5.56 Å². The molecule has 0 saturated heterocycles. The van der Waals surface area contributed by atoms with E-state index in [1.54, 1.807) is 24.3 Å². The van der Waals surface area contributed by atoms with Gasteiger partial charge in [-0.15, -0.1) is 0 Å². The van der Waals surface area contributed by atoms with Crippen LogP contribution in [0.5, 0.6) is 5.75 Å². The second-order valence-corrected chi connectivity index (χ2v) is 6.18. The molecule has 1 N–H and O–H groups in total. The van der Waals surface area contributed by atoms with Crippen LogP contribution < -0.4 is 10.1 Å². The Morgan fingerprint density at radius 3 is 2.69 bits per heavy atom. The molecule has 0 radical (unpaired) electrons. The maximum Gasteiger partial charge on any atom is 0.346 e. The van der Waals surface area contributed by atoms with E-state index in [0.717, 1.165) is 5.69 Å². The largest absolute Gasteiger partial charge is 0.423 e. The van der Waals surface area contributed by atoms with Crippen molar-refractivity contribution in [2.75, 3.05) is 11.6 Å². The smallest absolute Gasteiger partial charge is 0.346 e. The molecular weight excluding hydrogens is 353 g/mol. The number of ether oxygens (including phenoxy) is 1. The van der Waals surface area contributed by atoms with Crippen LogP contribution in [0.15, 0.2) is 59.8 Å². The highest BCUT2D eigenvalue weighted by atomic mass is 32.2. The third-order valence-corrected chi connectivity index (χ3v) is 3.97. The molecule has 3 rings (SSSR count). The first-order valence-corrected chi connectivity index (χ1v) is 9.01. The average Bonchev–Trinajstić information content (AvgIpc) is 2.61. The summed E-state index contributed by atoms with van der Waals surface area (Å²) in [6, 6.07) is 14.3. The lowest BCUT2D eigenvalue weighted by Gasteiger charge is -2.10. The Bertz CT molecular complexity index is 950. The number of aromatic nitrogens is 2. The molecule has 132 valence electrons. The summed E-state index contributed by atoms with van der Waals surface area (Å²) in [6.45, 7) is 1.89. The van der Waals surface area contributed by atoms with E-state index >= 15 is 0 Å². The van der Waals surface area contributed by atoms with Crippen molar-refractivity contribution in [1.29, 1.82) is 0 Å². The van der Waals surface area contributed by atoms with Gasteiger partial charge in [0.15, 0.2) is 5.16 Å². The fourth-order valence-corrected chi connectivity index (χ4v) is 2.70. The first-order chi connectivity index (χ1) is 12.5. The minimum Gasteiger partial charge on any atom is -0.423 e. The van der Waals surface area contributed by atoms with Gasteiger partial charge < -0.3 is 10.1 Å². The molecule has 3 aromatic rings. The van der Waals surface area contributed by atoms with Gasteiger partial charge in [-0.1, -0.05) is 30.0 Å². The maximum absolute atomic E-state index is 13.7. The van der Waals surface area contributed by atoms with Crippen molar-refractivity contribution in [2.45, 2.75) is 12.1 Å². The first kappa shape index (κ1) is 17.9. The number of benzene rings is 2. The topological polar surface area (TPSA) is 64.1 Å². The summed E-state index contributed by atoms with van der Waals surface area (Å²) < 4.78 is 19.0. The standard InChI is InChI=1S/C19H16FN3O2S/c1-12-10-17(23-19(21-12)26-2)22-13-6-5-7-14(11-13)25-18(24)15-8-3-4-9-16(15)20/h3-11H,1-2H3,(H,21,22,23). The van der Waals surface area contributed by atoms with Crippen molar-refractivity contribution in [3.63, 3.8) is 0 Å². The van der Waals surface area contributed by atoms with Gasteiger partial charge in [0.25, 0.3) is 0 Å². The van der Waals surface area contributed by atoms with E-state index in [0.29, 0.717) is 22.4 Å². The minimum atomic E-state index is -0.747. The second-order valence-electron chi connectivity index (χ2n) is 5.40. The normalized spacial score (nSPS) is 10.4. The molecule has 0 atom stereocenters. The van der Waals surface area contributed by atoms with Crippen LogP contribution in [-0.4, -0.2) is 22.2 Å². The van der Waals surface area contributed by atoms with Crippen LogP contribution >= 0.6 is 11.8 Å². The molecule has 7 heteroatoms. The number of nitrogens with one attached hydrogen (secondary N) is 1. The van der Waals surface area contributed by atoms with Gasteiger partial charge >= 0.3 is 5.97 Å². The Morgan fingerprint density at radius 1 is 1.12 bits per heavy atom. The van der Waals surface area contributed by atoms with Crippen molar-refractivity contribution in [3.05, 3.63) is 71.7 Å². The van der Waals surface area contributed by atoms with Gasteiger partial charge in [-0.2, -0.15) is 0 Å². The molecule has 5 nitrogen and oxygen atoms in total. The number of hydrogen-bond donors (Lipinski definition) is 1. The highest BCUT2D eigenvalue weighted by Crippen LogP contribution is 2.23. The molecule has 0 amide bonds. The van der Waals surface area contributed by atoms with Crippen LogP contribution in [0.2, 0.25) is 0 Å². The number of halogens is 1. The van der Waals surface area contributed by atoms with Crippen molar-refractivity contribution >= 4 is 29.2 Å². The van der Waals surface area contributed by atoms with E-state index < -0.39 is 11.8 Å². The fraction of sp³-hybridized carbons (Fsp3) is 0.105. The highest BCUT2D eigenvalue weighted by Gasteiger charge is 2.13. The molecular formula is C19H16FN3O2S. The Hall–Kier alpha value is -2.93. The predicted molar refractivity (Wildman–Crippen MR) is 99.6 cm³/mol. The Balaban J connectivity index is 1.77. The molecule has 0 fully saturated rings. The fourth-order valence-electron chi connectivity index (χ4n) is 2.27. The van der Waals surface area contributed by atoms with Crippen LogP contribution in [-0.2, 0) is 0 Å². The lowest BCUT2D eigenvalue weighted by Crippen LogP contribution is -2.10. The van der Waals surface area contributed by atoms with Crippen LogP contribution in [0.3, 0.4) is 0 Å². The summed E-state index contributed by atoms with van der Waals surface area (Å²) in [4.78, 5) is 20.8. The summed E-state index contributed by atoms with van der Waals surface area (Å²) in [5.74, 6) is -0.422. The molecule has 0 bridgehead atoms. The molecule has 0 saturated carbocycles. The molecule has 0 aliphatic carbocycles. The summed E-state index contributed by atoms with van der Waals surface area (Å²) in [5.41, 5.74) is 1.42. The van der Waals surface area contributed by atoms with Gasteiger partial charge in [0.1, 0.15) is 17.4 Å². The van der Waals surface area contributed by atoms with Crippen molar-refractivity contribution in [2.24, 2.45) is 0 Å². The van der Waals surface area contributed by atoms with E-state index in [1.165, 1.54) is 30.0 Å². The predicted octanol–water partition coefficient (Wildman–Crippen LogP) is 4.61. The molecule has 1 heterocycles. The summed E-state index contributed by atoms with van der Waals surface area (Å²) in [7, 11) is 0. The summed E-state index contributed by atoms with van der Waals surface area (Å²) in [5, 5.41) is 3.82. The second kappa shape index (κ2) is 7.97. The Labute approximate surface area is 154 Å². The van der Waals surface area contributed by atoms with Crippen LogP contribution in [0.25, 0.3) is 0 Å². The minimum absolute atomic E-state index is 0.109. The molecule has 2 aromatic carbocycles. The zero-order valence-electron chi connectivity index (χ0n) is 14.2. The third-order valence-electron chi connectivity index (χ3n) is 3.43. The third kappa shape index (κ3) is 4.37. The Kier molecular flexibility index (Phi) is 5.48. The van der Waals surface area contributed by atoms with Crippen molar-refractivity contribution in [1.82, 2.24) is 9.97 Å². The zero-order valence-corrected chi connectivity index (χ0v) is 15.0. The number of aryl methyl sites for hydroxylation is 1. The van der Waals surface area contributed by atoms with Crippen LogP contribution in [0.4, 0.5) is 15.9 Å². The molecule has 0 spiro atoms. The van der Waals surface area contributed by atoms with Gasteiger partial charge in [0.2, 0.25) is 0 Å². The average molecular weight is 369 g/mol. The van der Waals surface area contributed by atoms with Crippen LogP contribution in [0.1, 0.15) is 16.1 Å². The number of thioether (sulfide) groups is 1. The summed E-state index contributed by atoms with van der Waals surface area (Å²) >= 11 is 1.45. The van der Waals surface area contributed by atoms with E-state index in [9.17, 15) is 9.18 Å². The summed E-state index contributed by atoms with van der Waals surface area (Å²) in [6.07, 6.45) is 1.90. The number of anilines is 2. The highest BCUT2D eigenvalue weighted by molar-refractivity contribution is 7.98. The van der Waals surface area contributed by atoms with E-state index in [2.05, 4.69) is 15.3 Å². The van der Waals surface area contributed by atoms with Gasteiger partial charge in [0, 0.05) is 23.5 Å². The quantitative estimate of drug-likeness (QED) is 0.307. The molecule has 0 aliphatic heterocycles. The number of carbonyl (C=O) groups is 1. The molecule has 1 aromatic heterocycles. The van der Waals surface area contributed by atoms with Gasteiger partial charge in [-0.3, -0.25) is 0 Å². The van der Waals surface area contributed by atoms with Crippen molar-refractivity contribution in [3.8, 4) is 5.75 Å². The lowest BCUT2D eigenvalue weighted by atomic mass is 10.2. The molecule has 0 unspecified atom stereocenters. The molecule has 0 aliphatic rings. The zero-order chi connectivity index (χ0) is 18.5. The van der Waals surface area contributed by atoms with E-state index in [1.807, 2.05) is 25.3 Å². The van der Waals surface area contributed by atoms with Gasteiger partial charge in [0.05, 0.1) is 5.56 Å². The maximum atomic E-state index is 13.7. The van der Waals surface area contributed by atoms with E-state index in [4.69, 9.17) is 4.74 Å². The monoisotopic (exact) mass is 369 g/mol. The Morgan fingerprint density at radius 2 is 1.92 bits per heavy atom. The van der Waals surface area contributed by atoms with Crippen molar-refractivity contribution < 1.29 is 13.9 Å². The first-order valence-electron chi connectivity index (χ1n) is 7.78. The number of carbonyl (C=O) groups excluding carboxylic acids is 1. The lowest BCUT2D eigenvalue weighted by molar-refractivity contribution is 0.0730. The molecule has 26 heavy (non-hydrogen) atoms. The number of rotatable bonds is 5. The number of nitrogens with zero attached hydrogens (tertiary/aromatic N) is 2. The number of hydrogen-bond acceptors (Lipinski definition) is 6.